The van der Waals surface area contributed by atoms with E-state index in [2.05, 4.69) is 4.98 Å². The molecule has 1 atom stereocenters. The van der Waals surface area contributed by atoms with E-state index in [1.807, 2.05) is 10.8 Å². The fourth-order valence-electron chi connectivity index (χ4n) is 4.32. The molecule has 0 spiro atoms. The number of hydrogen-bond acceptors (Lipinski definition) is 5. The summed E-state index contributed by atoms with van der Waals surface area (Å²) >= 11 is 6.40. The number of amides is 1. The van der Waals surface area contributed by atoms with Crippen LogP contribution in [0.5, 0.6) is 5.75 Å². The van der Waals surface area contributed by atoms with Gasteiger partial charge in [-0.2, -0.15) is 0 Å². The first kappa shape index (κ1) is 18.2. The molecule has 1 aromatic carbocycles. The molecule has 1 saturated heterocycles. The minimum atomic E-state index is -0.294. The lowest BCUT2D eigenvalue weighted by Gasteiger charge is -2.18. The summed E-state index contributed by atoms with van der Waals surface area (Å²) in [6.07, 6.45) is 8.84. The van der Waals surface area contributed by atoms with Crippen molar-refractivity contribution in [3.05, 3.63) is 57.4 Å². The summed E-state index contributed by atoms with van der Waals surface area (Å²) in [6, 6.07) is 3.62. The molecule has 7 nitrogen and oxygen atoms in total. The predicted octanol–water partition coefficient (Wildman–Crippen LogP) is 2.98. The molecule has 5 rings (SSSR count). The maximum absolute atomic E-state index is 12.6. The van der Waals surface area contributed by atoms with Crippen LogP contribution in [0.25, 0.3) is 11.0 Å². The van der Waals surface area contributed by atoms with Crippen molar-refractivity contribution < 1.29 is 13.9 Å². The first-order valence-corrected chi connectivity index (χ1v) is 10.1. The normalized spacial score (nSPS) is 18.4. The monoisotopic (exact) mass is 413 g/mol. The van der Waals surface area contributed by atoms with Crippen molar-refractivity contribution in [1.29, 1.82) is 0 Å². The minimum absolute atomic E-state index is 0.0980. The lowest BCUT2D eigenvalue weighted by atomic mass is 10.1. The molecule has 1 aliphatic carbocycles. The van der Waals surface area contributed by atoms with Crippen molar-refractivity contribution in [3.8, 4) is 5.75 Å². The highest BCUT2D eigenvalue weighted by molar-refractivity contribution is 6.32. The first-order valence-electron chi connectivity index (χ1n) is 9.76. The topological polar surface area (TPSA) is 77.6 Å². The molecule has 0 bridgehead atoms. The van der Waals surface area contributed by atoms with Gasteiger partial charge in [-0.3, -0.25) is 4.79 Å². The van der Waals surface area contributed by atoms with Crippen LogP contribution in [0, 0.1) is 0 Å². The van der Waals surface area contributed by atoms with E-state index in [1.165, 1.54) is 0 Å². The van der Waals surface area contributed by atoms with Crippen LogP contribution in [0.3, 0.4) is 0 Å². The molecular formula is C21H20ClN3O4. The van der Waals surface area contributed by atoms with Crippen LogP contribution in [-0.2, 0) is 17.6 Å². The van der Waals surface area contributed by atoms with E-state index in [0.717, 1.165) is 42.2 Å². The number of fused-ring (bicyclic) bond motifs is 3. The summed E-state index contributed by atoms with van der Waals surface area (Å²) in [6.45, 7) is 1.19. The number of carbonyl (C=O) groups excluding carboxylic acids is 1. The first-order chi connectivity index (χ1) is 14.1. The largest absolute Gasteiger partial charge is 0.482 e. The Hall–Kier alpha value is -2.80. The summed E-state index contributed by atoms with van der Waals surface area (Å²) in [4.78, 5) is 30.6. The standard InChI is InChI=1S/C21H20ClN3O4/c22-17-8-16-14-2-1-3-15(14)21(27)29-18(16)9-19(17)28-11-20(26)24-6-4-13(10-24)25-7-5-23-12-25/h5,7-9,12-13H,1-4,6,10-11H2. The van der Waals surface area contributed by atoms with E-state index in [9.17, 15) is 9.59 Å². The molecule has 3 heterocycles. The molecule has 8 heteroatoms. The number of aromatic nitrogens is 2. The number of nitrogens with zero attached hydrogens (tertiary/aromatic N) is 3. The Kier molecular flexibility index (Phi) is 4.54. The third kappa shape index (κ3) is 3.29. The average Bonchev–Trinajstić information content (AvgIpc) is 3.47. The van der Waals surface area contributed by atoms with E-state index >= 15 is 0 Å². The molecule has 2 aromatic heterocycles. The Morgan fingerprint density at radius 1 is 1.31 bits per heavy atom. The maximum atomic E-state index is 12.6. The molecule has 1 unspecified atom stereocenters. The van der Waals surface area contributed by atoms with E-state index in [1.54, 1.807) is 29.6 Å². The fourth-order valence-corrected chi connectivity index (χ4v) is 4.54. The minimum Gasteiger partial charge on any atom is -0.482 e. The lowest BCUT2D eigenvalue weighted by Crippen LogP contribution is -2.33. The third-order valence-corrected chi connectivity index (χ3v) is 6.14. The number of halogens is 1. The Bertz CT molecular complexity index is 1140. The number of rotatable bonds is 4. The van der Waals surface area contributed by atoms with Crippen molar-refractivity contribution in [2.75, 3.05) is 19.7 Å². The van der Waals surface area contributed by atoms with Crippen LogP contribution in [0.4, 0.5) is 0 Å². The van der Waals surface area contributed by atoms with Gasteiger partial charge in [-0.15, -0.1) is 0 Å². The number of carbonyl (C=O) groups is 1. The molecule has 1 fully saturated rings. The van der Waals surface area contributed by atoms with Gasteiger partial charge in [0.1, 0.15) is 11.3 Å². The molecule has 0 N–H and O–H groups in total. The Labute approximate surface area is 171 Å². The van der Waals surface area contributed by atoms with Gasteiger partial charge < -0.3 is 18.6 Å². The summed E-state index contributed by atoms with van der Waals surface area (Å²) in [5.41, 5.74) is 1.92. The van der Waals surface area contributed by atoms with Gasteiger partial charge in [-0.25, -0.2) is 9.78 Å². The van der Waals surface area contributed by atoms with Crippen LogP contribution in [0.15, 0.2) is 40.1 Å². The second-order valence-corrected chi connectivity index (χ2v) is 7.97. The molecule has 0 saturated carbocycles. The number of aryl methyl sites for hydroxylation is 1. The Morgan fingerprint density at radius 2 is 2.17 bits per heavy atom. The molecule has 1 amide bonds. The van der Waals surface area contributed by atoms with Crippen LogP contribution in [0.2, 0.25) is 5.02 Å². The SMILES string of the molecule is O=C(COc1cc2oc(=O)c3c(c2cc1Cl)CCC3)N1CCC(n2ccnc2)C1. The zero-order valence-electron chi connectivity index (χ0n) is 15.8. The Balaban J connectivity index is 1.31. The van der Waals surface area contributed by atoms with E-state index in [4.69, 9.17) is 20.8 Å². The van der Waals surface area contributed by atoms with Crippen molar-refractivity contribution in [2.24, 2.45) is 0 Å². The lowest BCUT2D eigenvalue weighted by molar-refractivity contribution is -0.132. The number of imidazole rings is 1. The van der Waals surface area contributed by atoms with Crippen molar-refractivity contribution in [2.45, 2.75) is 31.7 Å². The summed E-state index contributed by atoms with van der Waals surface area (Å²) in [7, 11) is 0. The second-order valence-electron chi connectivity index (χ2n) is 7.56. The molecular weight excluding hydrogens is 394 g/mol. The van der Waals surface area contributed by atoms with Gasteiger partial charge >= 0.3 is 5.63 Å². The Morgan fingerprint density at radius 3 is 3.00 bits per heavy atom. The third-order valence-electron chi connectivity index (χ3n) is 5.84. The molecule has 2 aliphatic rings. The molecule has 150 valence electrons. The molecule has 29 heavy (non-hydrogen) atoms. The van der Waals surface area contributed by atoms with Gasteiger partial charge in [0.05, 0.1) is 17.4 Å². The maximum Gasteiger partial charge on any atom is 0.339 e. The van der Waals surface area contributed by atoms with Crippen molar-refractivity contribution >= 4 is 28.5 Å². The van der Waals surface area contributed by atoms with E-state index in [-0.39, 0.29) is 24.2 Å². The van der Waals surface area contributed by atoms with Crippen LogP contribution < -0.4 is 10.4 Å². The smallest absolute Gasteiger partial charge is 0.339 e. The molecule has 3 aromatic rings. The van der Waals surface area contributed by atoms with Crippen LogP contribution >= 0.6 is 11.6 Å². The van der Waals surface area contributed by atoms with Gasteiger partial charge in [-0.05, 0) is 37.3 Å². The fraction of sp³-hybridized carbons (Fsp3) is 0.381. The van der Waals surface area contributed by atoms with E-state index in [0.29, 0.717) is 29.4 Å². The summed E-state index contributed by atoms with van der Waals surface area (Å²) < 4.78 is 13.2. The number of hydrogen-bond donors (Lipinski definition) is 0. The van der Waals surface area contributed by atoms with Crippen molar-refractivity contribution in [3.63, 3.8) is 0 Å². The van der Waals surface area contributed by atoms with Crippen LogP contribution in [-0.4, -0.2) is 40.1 Å². The predicted molar refractivity (Wildman–Crippen MR) is 107 cm³/mol. The highest BCUT2D eigenvalue weighted by atomic mass is 35.5. The van der Waals surface area contributed by atoms with Gasteiger partial charge in [-0.1, -0.05) is 11.6 Å². The molecule has 1 aliphatic heterocycles. The van der Waals surface area contributed by atoms with Gasteiger partial charge in [0.2, 0.25) is 0 Å². The van der Waals surface area contributed by atoms with E-state index < -0.39 is 0 Å². The quantitative estimate of drug-likeness (QED) is 0.614. The number of benzene rings is 1. The van der Waals surface area contributed by atoms with Gasteiger partial charge in [0.25, 0.3) is 5.91 Å². The van der Waals surface area contributed by atoms with Gasteiger partial charge in [0.15, 0.2) is 6.61 Å². The van der Waals surface area contributed by atoms with Crippen LogP contribution in [0.1, 0.15) is 30.0 Å². The highest BCUT2D eigenvalue weighted by Crippen LogP contribution is 2.34. The number of ether oxygens (including phenoxy) is 1. The zero-order chi connectivity index (χ0) is 20.0. The van der Waals surface area contributed by atoms with Gasteiger partial charge in [0, 0.05) is 42.5 Å². The summed E-state index contributed by atoms with van der Waals surface area (Å²) in [5, 5.41) is 1.26. The summed E-state index contributed by atoms with van der Waals surface area (Å²) in [5.74, 6) is 0.248. The van der Waals surface area contributed by atoms with Crippen molar-refractivity contribution in [1.82, 2.24) is 14.5 Å². The zero-order valence-corrected chi connectivity index (χ0v) is 16.5. The highest BCUT2D eigenvalue weighted by Gasteiger charge is 2.27. The second kappa shape index (κ2) is 7.22. The number of likely N-dealkylation sites (tertiary alicyclic amines) is 1. The molecule has 0 radical (unpaired) electrons. The average molecular weight is 414 g/mol.